The van der Waals surface area contributed by atoms with Crippen molar-refractivity contribution in [3.05, 3.63) is 0 Å². The molecule has 64 valence electrons. The summed E-state index contributed by atoms with van der Waals surface area (Å²) in [4.78, 5) is 22.9. The molecule has 1 rings (SSSR count). The average molecular weight is 165 g/mol. The van der Waals surface area contributed by atoms with Crippen molar-refractivity contribution in [2.24, 2.45) is 15.0 Å². The molecule has 4 nitrogen and oxygen atoms in total. The van der Waals surface area contributed by atoms with Crippen LogP contribution in [0, 0.1) is 0 Å². The number of carbonyl (C=O) groups excluding carboxylic acids is 1. The Labute approximate surface area is 71.1 Å². The van der Waals surface area contributed by atoms with Gasteiger partial charge in [-0.3, -0.25) is 14.8 Å². The number of Topliss-reactive ketones (excluding diaryl/α,β-unsaturated/α-hetero) is 1. The fraction of sp³-hybridized carbons (Fsp3) is 0.500. The van der Waals surface area contributed by atoms with E-state index < -0.39 is 0 Å². The summed E-state index contributed by atoms with van der Waals surface area (Å²) < 4.78 is 0. The van der Waals surface area contributed by atoms with Gasteiger partial charge in [-0.05, 0) is 6.92 Å². The van der Waals surface area contributed by atoms with Crippen LogP contribution in [-0.2, 0) is 4.79 Å². The summed E-state index contributed by atoms with van der Waals surface area (Å²) in [6.07, 6.45) is 1.41. The van der Waals surface area contributed by atoms with Crippen molar-refractivity contribution in [1.82, 2.24) is 0 Å². The molecule has 1 unspecified atom stereocenters. The first kappa shape index (κ1) is 8.77. The maximum Gasteiger partial charge on any atom is 0.180 e. The van der Waals surface area contributed by atoms with Crippen LogP contribution in [0.15, 0.2) is 15.0 Å². The van der Waals surface area contributed by atoms with E-state index in [1.165, 1.54) is 13.3 Å². The Morgan fingerprint density at radius 1 is 1.67 bits per heavy atom. The second kappa shape index (κ2) is 3.38. The summed E-state index contributed by atoms with van der Waals surface area (Å²) in [5.41, 5.74) is 1.10. The predicted molar refractivity (Wildman–Crippen MR) is 49.4 cm³/mol. The number of rotatable bonds is 1. The van der Waals surface area contributed by atoms with Crippen molar-refractivity contribution in [2.75, 3.05) is 7.05 Å². The third-order valence-corrected chi connectivity index (χ3v) is 1.69. The van der Waals surface area contributed by atoms with Crippen LogP contribution in [0.1, 0.15) is 13.8 Å². The van der Waals surface area contributed by atoms with E-state index in [1.54, 1.807) is 7.05 Å². The molecule has 4 heteroatoms. The van der Waals surface area contributed by atoms with Crippen LogP contribution in [0.4, 0.5) is 0 Å². The molecule has 0 radical (unpaired) electrons. The minimum Gasteiger partial charge on any atom is -0.293 e. The quantitative estimate of drug-likeness (QED) is 0.558. The van der Waals surface area contributed by atoms with Gasteiger partial charge < -0.3 is 0 Å². The zero-order valence-electron chi connectivity index (χ0n) is 7.40. The third kappa shape index (κ3) is 1.47. The van der Waals surface area contributed by atoms with E-state index in [0.29, 0.717) is 11.4 Å². The molecule has 1 heterocycles. The molecule has 0 aromatic heterocycles. The Kier molecular flexibility index (Phi) is 2.47. The van der Waals surface area contributed by atoms with Crippen molar-refractivity contribution < 1.29 is 4.79 Å². The Balaban J connectivity index is 3.05. The molecule has 1 aliphatic rings. The largest absolute Gasteiger partial charge is 0.293 e. The lowest BCUT2D eigenvalue weighted by Gasteiger charge is -2.13. The summed E-state index contributed by atoms with van der Waals surface area (Å²) in [6, 6.07) is -0.0496. The van der Waals surface area contributed by atoms with Gasteiger partial charge in [-0.25, -0.2) is 4.99 Å². The van der Waals surface area contributed by atoms with Gasteiger partial charge in [-0.1, -0.05) is 0 Å². The zero-order chi connectivity index (χ0) is 9.14. The highest BCUT2D eigenvalue weighted by Crippen LogP contribution is 2.02. The molecule has 0 saturated heterocycles. The molecular weight excluding hydrogens is 154 g/mol. The normalized spacial score (nSPS) is 25.8. The summed E-state index contributed by atoms with van der Waals surface area (Å²) in [7, 11) is 1.64. The minimum absolute atomic E-state index is 0.0496. The van der Waals surface area contributed by atoms with Crippen molar-refractivity contribution in [3.63, 3.8) is 0 Å². The van der Waals surface area contributed by atoms with E-state index in [4.69, 9.17) is 0 Å². The molecule has 0 spiro atoms. The fourth-order valence-electron chi connectivity index (χ4n) is 1.09. The summed E-state index contributed by atoms with van der Waals surface area (Å²) in [5, 5.41) is 0. The van der Waals surface area contributed by atoms with Crippen LogP contribution in [0.3, 0.4) is 0 Å². The van der Waals surface area contributed by atoms with Gasteiger partial charge in [0, 0.05) is 14.0 Å². The average Bonchev–Trinajstić information content (AvgIpc) is 2.03. The number of ketones is 1. The van der Waals surface area contributed by atoms with Crippen molar-refractivity contribution in [1.29, 1.82) is 0 Å². The minimum atomic E-state index is -0.0615. The van der Waals surface area contributed by atoms with Crippen molar-refractivity contribution >= 4 is 23.5 Å². The Morgan fingerprint density at radius 2 is 2.33 bits per heavy atom. The van der Waals surface area contributed by atoms with E-state index >= 15 is 0 Å². The topological polar surface area (TPSA) is 54.1 Å². The van der Waals surface area contributed by atoms with E-state index in [1.807, 2.05) is 6.92 Å². The van der Waals surface area contributed by atoms with Gasteiger partial charge in [0.15, 0.2) is 5.78 Å². The van der Waals surface area contributed by atoms with Crippen LogP contribution in [0.2, 0.25) is 0 Å². The molecule has 1 aliphatic heterocycles. The molecule has 0 bridgehead atoms. The highest BCUT2D eigenvalue weighted by molar-refractivity contribution is 6.69. The van der Waals surface area contributed by atoms with Crippen LogP contribution in [-0.4, -0.2) is 36.6 Å². The number of aliphatic imine (C=N–C) groups is 3. The van der Waals surface area contributed by atoms with Gasteiger partial charge in [0.25, 0.3) is 0 Å². The van der Waals surface area contributed by atoms with Crippen molar-refractivity contribution in [3.8, 4) is 0 Å². The highest BCUT2D eigenvalue weighted by Gasteiger charge is 2.20. The molecule has 0 saturated carbocycles. The number of hydrogen-bond acceptors (Lipinski definition) is 4. The first-order valence-corrected chi connectivity index (χ1v) is 3.74. The zero-order valence-corrected chi connectivity index (χ0v) is 7.40. The second-order valence-corrected chi connectivity index (χ2v) is 2.58. The smallest absolute Gasteiger partial charge is 0.180 e. The van der Waals surface area contributed by atoms with Gasteiger partial charge >= 0.3 is 0 Å². The van der Waals surface area contributed by atoms with E-state index in [0.717, 1.165) is 0 Å². The molecule has 0 aliphatic carbocycles. The van der Waals surface area contributed by atoms with Gasteiger partial charge in [0.05, 0.1) is 11.8 Å². The molecule has 0 N–H and O–H groups in total. The molecule has 12 heavy (non-hydrogen) atoms. The molecule has 0 fully saturated rings. The van der Waals surface area contributed by atoms with Crippen LogP contribution >= 0.6 is 0 Å². The molecule has 0 aromatic carbocycles. The molecule has 1 atom stereocenters. The maximum atomic E-state index is 11.0. The SMILES string of the molecule is CN=C1C(C(C)=O)=NC=NC1C. The number of hydrogen-bond donors (Lipinski definition) is 0. The van der Waals surface area contributed by atoms with Gasteiger partial charge in [0.1, 0.15) is 12.1 Å². The predicted octanol–water partition coefficient (Wildman–Crippen LogP) is 0.518. The number of nitrogens with zero attached hydrogens (tertiary/aromatic N) is 3. The first-order valence-electron chi connectivity index (χ1n) is 3.74. The molecule has 0 aromatic rings. The standard InChI is InChI=1S/C8H11N3O/c1-5-7(9-3)8(6(2)12)11-4-10-5/h4-5H,1-3H3. The van der Waals surface area contributed by atoms with Gasteiger partial charge in [-0.15, -0.1) is 0 Å². The Morgan fingerprint density at radius 3 is 2.75 bits per heavy atom. The maximum absolute atomic E-state index is 11.0. The lowest BCUT2D eigenvalue weighted by Crippen LogP contribution is -2.32. The number of carbonyl (C=O) groups is 1. The van der Waals surface area contributed by atoms with Gasteiger partial charge in [-0.2, -0.15) is 0 Å². The lowest BCUT2D eigenvalue weighted by molar-refractivity contribution is -0.110. The summed E-state index contributed by atoms with van der Waals surface area (Å²) >= 11 is 0. The third-order valence-electron chi connectivity index (χ3n) is 1.69. The summed E-state index contributed by atoms with van der Waals surface area (Å²) in [6.45, 7) is 3.37. The van der Waals surface area contributed by atoms with Gasteiger partial charge in [0.2, 0.25) is 0 Å². The van der Waals surface area contributed by atoms with Crippen molar-refractivity contribution in [2.45, 2.75) is 19.9 Å². The Bertz CT molecular complexity index is 289. The van der Waals surface area contributed by atoms with E-state index in [-0.39, 0.29) is 11.8 Å². The Hall–Kier alpha value is -1.32. The monoisotopic (exact) mass is 165 g/mol. The molecule has 0 amide bonds. The fourth-order valence-corrected chi connectivity index (χ4v) is 1.09. The van der Waals surface area contributed by atoms with Crippen LogP contribution in [0.5, 0.6) is 0 Å². The first-order chi connectivity index (χ1) is 5.66. The van der Waals surface area contributed by atoms with E-state index in [2.05, 4.69) is 15.0 Å². The summed E-state index contributed by atoms with van der Waals surface area (Å²) in [5.74, 6) is -0.0615. The van der Waals surface area contributed by atoms with Crippen LogP contribution in [0.25, 0.3) is 0 Å². The molecular formula is C8H11N3O. The second-order valence-electron chi connectivity index (χ2n) is 2.58. The highest BCUT2D eigenvalue weighted by atomic mass is 16.1. The van der Waals surface area contributed by atoms with E-state index in [9.17, 15) is 4.79 Å². The van der Waals surface area contributed by atoms with Crippen LogP contribution < -0.4 is 0 Å². The lowest BCUT2D eigenvalue weighted by atomic mass is 10.1.